The zero-order valence-corrected chi connectivity index (χ0v) is 14.6. The van der Waals surface area contributed by atoms with Gasteiger partial charge in [0.1, 0.15) is 0 Å². The molecule has 1 aromatic heterocycles. The lowest BCUT2D eigenvalue weighted by molar-refractivity contribution is 0.128. The van der Waals surface area contributed by atoms with Crippen LogP contribution in [0.1, 0.15) is 10.4 Å². The lowest BCUT2D eigenvalue weighted by atomic mass is 10.2. The van der Waals surface area contributed by atoms with Crippen LogP contribution >= 0.6 is 27.3 Å². The summed E-state index contributed by atoms with van der Waals surface area (Å²) in [4.78, 5) is 6.66. The molecule has 0 N–H and O–H groups in total. The van der Waals surface area contributed by atoms with Gasteiger partial charge < -0.3 is 4.90 Å². The molecule has 0 amide bonds. The summed E-state index contributed by atoms with van der Waals surface area (Å²) in [6, 6.07) is 12.9. The van der Waals surface area contributed by atoms with Gasteiger partial charge in [0.25, 0.3) is 0 Å². The average Bonchev–Trinajstić information content (AvgIpc) is 3.02. The van der Waals surface area contributed by atoms with Gasteiger partial charge in [0.05, 0.1) is 0 Å². The van der Waals surface area contributed by atoms with Crippen molar-refractivity contribution >= 4 is 27.3 Å². The maximum absolute atomic E-state index is 3.65. The monoisotopic (exact) mass is 364 g/mol. The van der Waals surface area contributed by atoms with E-state index in [0.29, 0.717) is 0 Å². The van der Waals surface area contributed by atoms with Crippen LogP contribution in [0.5, 0.6) is 0 Å². The van der Waals surface area contributed by atoms with Gasteiger partial charge in [0.2, 0.25) is 0 Å². The fourth-order valence-electron chi connectivity index (χ4n) is 2.76. The second-order valence-corrected chi connectivity index (χ2v) is 7.43. The van der Waals surface area contributed by atoms with Gasteiger partial charge in [0.15, 0.2) is 0 Å². The number of hydrogen-bond donors (Lipinski definition) is 0. The molecule has 21 heavy (non-hydrogen) atoms. The van der Waals surface area contributed by atoms with Crippen LogP contribution in [-0.4, -0.2) is 42.5 Å². The van der Waals surface area contributed by atoms with Gasteiger partial charge in [-0.15, -0.1) is 11.3 Å². The smallest absolute Gasteiger partial charge is 0.0246 e. The third-order valence-corrected chi connectivity index (χ3v) is 5.78. The minimum absolute atomic E-state index is 1.06. The first-order chi connectivity index (χ1) is 10.3. The van der Waals surface area contributed by atoms with Crippen molar-refractivity contribution in [1.29, 1.82) is 0 Å². The van der Waals surface area contributed by atoms with E-state index in [4.69, 9.17) is 0 Å². The summed E-state index contributed by atoms with van der Waals surface area (Å²) in [6.45, 7) is 6.98. The van der Waals surface area contributed by atoms with E-state index in [1.165, 1.54) is 54.1 Å². The Hall–Kier alpha value is -0.680. The van der Waals surface area contributed by atoms with Crippen LogP contribution in [0, 0.1) is 0 Å². The lowest BCUT2D eigenvalue weighted by Crippen LogP contribution is -2.46. The third kappa shape index (κ3) is 4.39. The summed E-state index contributed by atoms with van der Waals surface area (Å²) in [5.74, 6) is 0. The van der Waals surface area contributed by atoms with Crippen molar-refractivity contribution in [1.82, 2.24) is 9.80 Å². The van der Waals surface area contributed by atoms with Crippen molar-refractivity contribution in [3.05, 3.63) is 56.7 Å². The molecular formula is C17H21BrN2S. The van der Waals surface area contributed by atoms with Gasteiger partial charge in [-0.05, 0) is 29.5 Å². The molecule has 112 valence electrons. The topological polar surface area (TPSA) is 6.48 Å². The van der Waals surface area contributed by atoms with E-state index in [1.807, 2.05) is 11.3 Å². The van der Waals surface area contributed by atoms with Crippen molar-refractivity contribution in [3.8, 4) is 0 Å². The summed E-state index contributed by atoms with van der Waals surface area (Å²) in [5, 5.41) is 2.17. The quantitative estimate of drug-likeness (QED) is 0.794. The zero-order valence-electron chi connectivity index (χ0n) is 12.2. The number of hydrogen-bond acceptors (Lipinski definition) is 3. The van der Waals surface area contributed by atoms with Crippen LogP contribution in [0.15, 0.2) is 46.3 Å². The van der Waals surface area contributed by atoms with Gasteiger partial charge >= 0.3 is 0 Å². The molecule has 2 aromatic rings. The summed E-state index contributed by atoms with van der Waals surface area (Å²) < 4.78 is 1.23. The van der Waals surface area contributed by atoms with Crippen molar-refractivity contribution in [2.75, 3.05) is 32.7 Å². The highest BCUT2D eigenvalue weighted by Gasteiger charge is 2.17. The average molecular weight is 365 g/mol. The first kappa shape index (κ1) is 15.2. The maximum Gasteiger partial charge on any atom is 0.0246 e. The minimum atomic E-state index is 1.06. The zero-order chi connectivity index (χ0) is 14.5. The molecule has 0 aliphatic carbocycles. The van der Waals surface area contributed by atoms with Gasteiger partial charge in [-0.1, -0.05) is 40.2 Å². The highest BCUT2D eigenvalue weighted by atomic mass is 79.9. The molecule has 0 spiro atoms. The normalized spacial score (nSPS) is 17.2. The van der Waals surface area contributed by atoms with E-state index in [0.717, 1.165) is 6.54 Å². The fourth-order valence-corrected chi connectivity index (χ4v) is 3.87. The Balaban J connectivity index is 1.44. The molecule has 4 heteroatoms. The van der Waals surface area contributed by atoms with Crippen molar-refractivity contribution in [3.63, 3.8) is 0 Å². The van der Waals surface area contributed by atoms with Gasteiger partial charge in [-0.3, -0.25) is 4.90 Å². The fraction of sp³-hybridized carbons (Fsp3) is 0.412. The number of thiophene rings is 1. The Morgan fingerprint density at radius 3 is 2.43 bits per heavy atom. The molecule has 0 atom stereocenters. The Bertz CT molecular complexity index is 548. The van der Waals surface area contributed by atoms with E-state index in [9.17, 15) is 0 Å². The Labute approximate surface area is 139 Å². The first-order valence-electron chi connectivity index (χ1n) is 7.52. The van der Waals surface area contributed by atoms with Crippen LogP contribution in [0.2, 0.25) is 0 Å². The maximum atomic E-state index is 3.65. The molecule has 0 radical (unpaired) electrons. The Kier molecular flexibility index (Phi) is 5.47. The molecule has 1 saturated heterocycles. The van der Waals surface area contributed by atoms with Gasteiger partial charge in [-0.25, -0.2) is 0 Å². The van der Waals surface area contributed by atoms with Crippen LogP contribution in [0.25, 0.3) is 0 Å². The van der Waals surface area contributed by atoms with E-state index in [1.54, 1.807) is 0 Å². The summed E-state index contributed by atoms with van der Waals surface area (Å²) in [6.07, 6.45) is 1.20. The van der Waals surface area contributed by atoms with Gasteiger partial charge in [0, 0.05) is 48.6 Å². The molecule has 1 fully saturated rings. The number of halogens is 1. The standard InChI is InChI=1S/C17H21BrN2S/c18-17-6-2-1-4-15(17)14-20-11-9-19(10-12-20)8-7-16-5-3-13-21-16/h1-6,13H,7-12,14H2. The van der Waals surface area contributed by atoms with Crippen molar-refractivity contribution < 1.29 is 0 Å². The third-order valence-electron chi connectivity index (χ3n) is 4.07. The Morgan fingerprint density at radius 2 is 1.71 bits per heavy atom. The SMILES string of the molecule is Brc1ccccc1CN1CCN(CCc2cccs2)CC1. The van der Waals surface area contributed by atoms with Crippen molar-refractivity contribution in [2.24, 2.45) is 0 Å². The van der Waals surface area contributed by atoms with E-state index in [-0.39, 0.29) is 0 Å². The number of nitrogens with zero attached hydrogens (tertiary/aromatic N) is 2. The molecule has 3 rings (SSSR count). The summed E-state index contributed by atoms with van der Waals surface area (Å²) in [5.41, 5.74) is 1.39. The van der Waals surface area contributed by atoms with Crippen LogP contribution in [0.4, 0.5) is 0 Å². The van der Waals surface area contributed by atoms with Crippen molar-refractivity contribution in [2.45, 2.75) is 13.0 Å². The predicted molar refractivity (Wildman–Crippen MR) is 93.9 cm³/mol. The number of piperazine rings is 1. The molecule has 1 aliphatic heterocycles. The summed E-state index contributed by atoms with van der Waals surface area (Å²) >= 11 is 5.52. The molecule has 1 aromatic carbocycles. The second kappa shape index (κ2) is 7.54. The Morgan fingerprint density at radius 1 is 0.952 bits per heavy atom. The second-order valence-electron chi connectivity index (χ2n) is 5.54. The highest BCUT2D eigenvalue weighted by Crippen LogP contribution is 2.18. The largest absolute Gasteiger partial charge is 0.300 e. The van der Waals surface area contributed by atoms with Crippen LogP contribution in [-0.2, 0) is 13.0 Å². The first-order valence-corrected chi connectivity index (χ1v) is 9.19. The van der Waals surface area contributed by atoms with E-state index >= 15 is 0 Å². The molecule has 0 bridgehead atoms. The molecule has 0 unspecified atom stereocenters. The van der Waals surface area contributed by atoms with E-state index < -0.39 is 0 Å². The highest BCUT2D eigenvalue weighted by molar-refractivity contribution is 9.10. The number of rotatable bonds is 5. The number of benzene rings is 1. The lowest BCUT2D eigenvalue weighted by Gasteiger charge is -2.34. The van der Waals surface area contributed by atoms with E-state index in [2.05, 4.69) is 67.5 Å². The predicted octanol–water partition coefficient (Wildman–Crippen LogP) is 3.87. The molecule has 2 heterocycles. The molecule has 1 aliphatic rings. The summed E-state index contributed by atoms with van der Waals surface area (Å²) in [7, 11) is 0. The van der Waals surface area contributed by atoms with Gasteiger partial charge in [-0.2, -0.15) is 0 Å². The molecule has 0 saturated carbocycles. The van der Waals surface area contributed by atoms with Crippen LogP contribution in [0.3, 0.4) is 0 Å². The molecule has 2 nitrogen and oxygen atoms in total. The van der Waals surface area contributed by atoms with Crippen LogP contribution < -0.4 is 0 Å². The minimum Gasteiger partial charge on any atom is -0.300 e. The molecular weight excluding hydrogens is 344 g/mol.